The first-order valence-corrected chi connectivity index (χ1v) is 7.52. The number of carbonyl (C=O) groups excluding carboxylic acids is 1. The first-order valence-electron chi connectivity index (χ1n) is 7.52. The molecule has 0 unspecified atom stereocenters. The van der Waals surface area contributed by atoms with Gasteiger partial charge in [0.2, 0.25) is 0 Å². The Morgan fingerprint density at radius 1 is 1.30 bits per heavy atom. The van der Waals surface area contributed by atoms with E-state index in [1.54, 1.807) is 7.11 Å². The summed E-state index contributed by atoms with van der Waals surface area (Å²) in [6.45, 7) is 2.05. The van der Waals surface area contributed by atoms with E-state index in [9.17, 15) is 4.79 Å². The minimum atomic E-state index is -0.0766. The van der Waals surface area contributed by atoms with Crippen LogP contribution in [0.4, 0.5) is 0 Å². The Morgan fingerprint density at radius 2 is 2.05 bits per heavy atom. The molecule has 20 heavy (non-hydrogen) atoms. The second kappa shape index (κ2) is 7.32. The third-order valence-electron chi connectivity index (χ3n) is 3.99. The smallest absolute Gasteiger partial charge is 0.306 e. The molecule has 0 saturated heterocycles. The molecule has 2 rings (SSSR count). The fourth-order valence-electron chi connectivity index (χ4n) is 2.73. The number of methoxy groups -OCH3 is 1. The van der Waals surface area contributed by atoms with Crippen LogP contribution in [0.15, 0.2) is 24.3 Å². The molecule has 1 aliphatic rings. The van der Waals surface area contributed by atoms with Crippen molar-refractivity contribution in [2.75, 3.05) is 7.11 Å². The number of esters is 1. The van der Waals surface area contributed by atoms with E-state index in [0.29, 0.717) is 6.42 Å². The van der Waals surface area contributed by atoms with Crippen molar-refractivity contribution in [2.24, 2.45) is 0 Å². The lowest BCUT2D eigenvalue weighted by Crippen LogP contribution is -2.21. The molecule has 1 fully saturated rings. The SMILES string of the molecule is COc1cccc([C@H](C)CC(=O)OC2CCCCC2)c1. The Morgan fingerprint density at radius 3 is 2.75 bits per heavy atom. The third kappa shape index (κ3) is 4.26. The predicted octanol–water partition coefficient (Wildman–Crippen LogP) is 4.06. The van der Waals surface area contributed by atoms with E-state index in [2.05, 4.69) is 6.92 Å². The monoisotopic (exact) mass is 276 g/mol. The van der Waals surface area contributed by atoms with Crippen molar-refractivity contribution in [3.63, 3.8) is 0 Å². The molecule has 3 nitrogen and oxygen atoms in total. The first-order chi connectivity index (χ1) is 9.69. The third-order valence-corrected chi connectivity index (χ3v) is 3.99. The molecule has 0 amide bonds. The topological polar surface area (TPSA) is 35.5 Å². The Bertz CT molecular complexity index is 436. The van der Waals surface area contributed by atoms with Crippen LogP contribution in [0.2, 0.25) is 0 Å². The number of benzene rings is 1. The fraction of sp³-hybridized carbons (Fsp3) is 0.588. The summed E-state index contributed by atoms with van der Waals surface area (Å²) >= 11 is 0. The number of carbonyl (C=O) groups is 1. The van der Waals surface area contributed by atoms with Gasteiger partial charge in [-0.05, 0) is 49.3 Å². The van der Waals surface area contributed by atoms with Crippen LogP contribution in [0.25, 0.3) is 0 Å². The normalized spacial score (nSPS) is 17.5. The van der Waals surface area contributed by atoms with Crippen molar-refractivity contribution < 1.29 is 14.3 Å². The van der Waals surface area contributed by atoms with Crippen LogP contribution < -0.4 is 4.74 Å². The highest BCUT2D eigenvalue weighted by atomic mass is 16.5. The maximum Gasteiger partial charge on any atom is 0.306 e. The Balaban J connectivity index is 1.86. The zero-order valence-corrected chi connectivity index (χ0v) is 12.4. The Hall–Kier alpha value is -1.51. The lowest BCUT2D eigenvalue weighted by molar-refractivity contribution is -0.150. The van der Waals surface area contributed by atoms with Gasteiger partial charge < -0.3 is 9.47 Å². The van der Waals surface area contributed by atoms with E-state index >= 15 is 0 Å². The zero-order valence-electron chi connectivity index (χ0n) is 12.4. The van der Waals surface area contributed by atoms with Gasteiger partial charge >= 0.3 is 5.97 Å². The van der Waals surface area contributed by atoms with Crippen molar-refractivity contribution in [1.29, 1.82) is 0 Å². The largest absolute Gasteiger partial charge is 0.497 e. The van der Waals surface area contributed by atoms with Crippen molar-refractivity contribution in [1.82, 2.24) is 0 Å². The van der Waals surface area contributed by atoms with Crippen LogP contribution in [0.3, 0.4) is 0 Å². The fourth-order valence-corrected chi connectivity index (χ4v) is 2.73. The summed E-state index contributed by atoms with van der Waals surface area (Å²) in [7, 11) is 1.65. The number of hydrogen-bond acceptors (Lipinski definition) is 3. The molecule has 1 aromatic carbocycles. The summed E-state index contributed by atoms with van der Waals surface area (Å²) in [5.41, 5.74) is 1.12. The summed E-state index contributed by atoms with van der Waals surface area (Å²) in [6, 6.07) is 7.88. The molecule has 1 atom stereocenters. The molecule has 0 aromatic heterocycles. The van der Waals surface area contributed by atoms with Crippen LogP contribution in [-0.2, 0) is 9.53 Å². The van der Waals surface area contributed by atoms with E-state index in [4.69, 9.17) is 9.47 Å². The second-order valence-electron chi connectivity index (χ2n) is 5.63. The molecule has 1 aromatic rings. The molecule has 1 saturated carbocycles. The minimum absolute atomic E-state index is 0.0766. The maximum atomic E-state index is 12.0. The van der Waals surface area contributed by atoms with Crippen molar-refractivity contribution in [2.45, 2.75) is 57.5 Å². The van der Waals surface area contributed by atoms with E-state index in [-0.39, 0.29) is 18.0 Å². The molecule has 0 radical (unpaired) electrons. The quantitative estimate of drug-likeness (QED) is 0.761. The van der Waals surface area contributed by atoms with Gasteiger partial charge in [0.05, 0.1) is 13.5 Å². The second-order valence-corrected chi connectivity index (χ2v) is 5.63. The molecular weight excluding hydrogens is 252 g/mol. The highest BCUT2D eigenvalue weighted by molar-refractivity contribution is 5.70. The van der Waals surface area contributed by atoms with Gasteiger partial charge in [-0.3, -0.25) is 4.79 Å². The molecule has 110 valence electrons. The summed E-state index contributed by atoms with van der Waals surface area (Å²) < 4.78 is 10.8. The van der Waals surface area contributed by atoms with Gasteiger partial charge in [0.15, 0.2) is 0 Å². The number of hydrogen-bond donors (Lipinski definition) is 0. The Labute approximate surface area is 121 Å². The summed E-state index contributed by atoms with van der Waals surface area (Å²) in [4.78, 5) is 12.0. The summed E-state index contributed by atoms with van der Waals surface area (Å²) in [5, 5.41) is 0. The van der Waals surface area contributed by atoms with Crippen molar-refractivity contribution in [3.8, 4) is 5.75 Å². The van der Waals surface area contributed by atoms with Gasteiger partial charge in [0.1, 0.15) is 11.9 Å². The van der Waals surface area contributed by atoms with E-state index in [1.807, 2.05) is 24.3 Å². The van der Waals surface area contributed by atoms with Gasteiger partial charge in [-0.1, -0.05) is 25.5 Å². The predicted molar refractivity (Wildman–Crippen MR) is 79.0 cm³/mol. The standard InChI is InChI=1S/C17H24O3/c1-13(14-7-6-10-16(12-14)19-2)11-17(18)20-15-8-4-3-5-9-15/h6-7,10,12-13,15H,3-5,8-9,11H2,1-2H3/t13-/m1/s1. The van der Waals surface area contributed by atoms with Gasteiger partial charge in [-0.15, -0.1) is 0 Å². The van der Waals surface area contributed by atoms with Crippen LogP contribution in [0, 0.1) is 0 Å². The van der Waals surface area contributed by atoms with Gasteiger partial charge in [-0.2, -0.15) is 0 Å². The Kier molecular flexibility index (Phi) is 5.45. The zero-order chi connectivity index (χ0) is 14.4. The molecule has 0 heterocycles. The molecule has 3 heteroatoms. The van der Waals surface area contributed by atoms with E-state index in [1.165, 1.54) is 19.3 Å². The van der Waals surface area contributed by atoms with Crippen LogP contribution >= 0.6 is 0 Å². The molecule has 0 spiro atoms. The minimum Gasteiger partial charge on any atom is -0.497 e. The van der Waals surface area contributed by atoms with Gasteiger partial charge in [-0.25, -0.2) is 0 Å². The molecule has 1 aliphatic carbocycles. The summed E-state index contributed by atoms with van der Waals surface area (Å²) in [5.74, 6) is 0.906. The first kappa shape index (κ1) is 14.9. The molecular formula is C17H24O3. The van der Waals surface area contributed by atoms with Gasteiger partial charge in [0.25, 0.3) is 0 Å². The average molecular weight is 276 g/mol. The highest BCUT2D eigenvalue weighted by Crippen LogP contribution is 2.25. The number of rotatable bonds is 5. The maximum absolute atomic E-state index is 12.0. The lowest BCUT2D eigenvalue weighted by atomic mass is 9.96. The van der Waals surface area contributed by atoms with Crippen molar-refractivity contribution in [3.05, 3.63) is 29.8 Å². The average Bonchev–Trinajstić information content (AvgIpc) is 2.48. The molecule has 0 aliphatic heterocycles. The van der Waals surface area contributed by atoms with E-state index in [0.717, 1.165) is 24.2 Å². The highest BCUT2D eigenvalue weighted by Gasteiger charge is 2.19. The molecule has 0 N–H and O–H groups in total. The van der Waals surface area contributed by atoms with Gasteiger partial charge in [0, 0.05) is 0 Å². The summed E-state index contributed by atoms with van der Waals surface area (Å²) in [6.07, 6.45) is 6.28. The van der Waals surface area contributed by atoms with Crippen molar-refractivity contribution >= 4 is 5.97 Å². The number of ether oxygens (including phenoxy) is 2. The van der Waals surface area contributed by atoms with Crippen LogP contribution in [-0.4, -0.2) is 19.2 Å². The van der Waals surface area contributed by atoms with E-state index < -0.39 is 0 Å². The lowest BCUT2D eigenvalue weighted by Gasteiger charge is -2.22. The molecule has 0 bridgehead atoms. The van der Waals surface area contributed by atoms with Crippen LogP contribution in [0.1, 0.15) is 56.9 Å². The van der Waals surface area contributed by atoms with Crippen LogP contribution in [0.5, 0.6) is 5.75 Å².